The molecule has 0 saturated heterocycles. The van der Waals surface area contributed by atoms with Gasteiger partial charge < -0.3 is 4.74 Å². The number of rotatable bonds is 5. The lowest BCUT2D eigenvalue weighted by Crippen LogP contribution is -2.18. The Hall–Kier alpha value is -1.66. The SMILES string of the molecule is C=C(C)COC(=O)c1ccc(S(=O)(=O)NC)cc1. The van der Waals surface area contributed by atoms with Gasteiger partial charge in [-0.2, -0.15) is 0 Å². The molecule has 0 spiro atoms. The Morgan fingerprint density at radius 2 is 1.89 bits per heavy atom. The second kappa shape index (κ2) is 5.79. The maximum atomic E-state index is 11.6. The van der Waals surface area contributed by atoms with Crippen molar-refractivity contribution < 1.29 is 17.9 Å². The maximum Gasteiger partial charge on any atom is 0.338 e. The molecule has 1 aromatic rings. The number of nitrogens with one attached hydrogen (secondary N) is 1. The molecule has 0 aliphatic rings. The Balaban J connectivity index is 2.83. The van der Waals surface area contributed by atoms with Crippen LogP contribution in [0.3, 0.4) is 0 Å². The molecule has 0 aromatic heterocycles. The standard InChI is InChI=1S/C12H15NO4S/c1-9(2)8-17-12(14)10-4-6-11(7-5-10)18(15,16)13-3/h4-7,13H,1,8H2,2-3H3. The van der Waals surface area contributed by atoms with Crippen LogP contribution in [-0.2, 0) is 14.8 Å². The summed E-state index contributed by atoms with van der Waals surface area (Å²) < 4.78 is 30.0. The highest BCUT2D eigenvalue weighted by atomic mass is 32.2. The zero-order valence-electron chi connectivity index (χ0n) is 10.3. The van der Waals surface area contributed by atoms with Gasteiger partial charge in [-0.05, 0) is 43.8 Å². The quantitative estimate of drug-likeness (QED) is 0.646. The molecule has 0 atom stereocenters. The summed E-state index contributed by atoms with van der Waals surface area (Å²) in [5, 5.41) is 0. The van der Waals surface area contributed by atoms with Crippen molar-refractivity contribution in [2.75, 3.05) is 13.7 Å². The first-order valence-electron chi connectivity index (χ1n) is 5.22. The number of carbonyl (C=O) groups excluding carboxylic acids is 1. The fourth-order valence-corrected chi connectivity index (χ4v) is 1.89. The summed E-state index contributed by atoms with van der Waals surface area (Å²) in [5.41, 5.74) is 1.03. The molecule has 0 amide bonds. The molecule has 0 radical (unpaired) electrons. The predicted octanol–water partition coefficient (Wildman–Crippen LogP) is 1.33. The Bertz CT molecular complexity index is 546. The van der Waals surface area contributed by atoms with Crippen LogP contribution < -0.4 is 4.72 Å². The van der Waals surface area contributed by atoms with E-state index in [-0.39, 0.29) is 11.5 Å². The van der Waals surface area contributed by atoms with Gasteiger partial charge >= 0.3 is 5.97 Å². The molecule has 0 aliphatic carbocycles. The van der Waals surface area contributed by atoms with E-state index in [9.17, 15) is 13.2 Å². The first-order valence-corrected chi connectivity index (χ1v) is 6.70. The summed E-state index contributed by atoms with van der Waals surface area (Å²) in [5.74, 6) is -0.508. The van der Waals surface area contributed by atoms with Gasteiger partial charge in [-0.1, -0.05) is 6.58 Å². The zero-order valence-corrected chi connectivity index (χ0v) is 11.1. The van der Waals surface area contributed by atoms with Crippen LogP contribution in [0.25, 0.3) is 0 Å². The molecular formula is C12H15NO4S. The smallest absolute Gasteiger partial charge is 0.338 e. The molecule has 0 fully saturated rings. The van der Waals surface area contributed by atoms with Crippen LogP contribution in [0.2, 0.25) is 0 Å². The minimum absolute atomic E-state index is 0.0986. The largest absolute Gasteiger partial charge is 0.458 e. The Labute approximate surface area is 107 Å². The third kappa shape index (κ3) is 3.68. The molecule has 0 aliphatic heterocycles. The third-order valence-corrected chi connectivity index (χ3v) is 3.55. The van der Waals surface area contributed by atoms with E-state index in [0.29, 0.717) is 5.56 Å². The van der Waals surface area contributed by atoms with Gasteiger partial charge in [0.25, 0.3) is 0 Å². The lowest BCUT2D eigenvalue weighted by Gasteiger charge is -2.05. The van der Waals surface area contributed by atoms with E-state index in [1.165, 1.54) is 31.3 Å². The van der Waals surface area contributed by atoms with E-state index in [0.717, 1.165) is 5.57 Å². The van der Waals surface area contributed by atoms with Crippen molar-refractivity contribution in [2.24, 2.45) is 0 Å². The van der Waals surface area contributed by atoms with Crippen LogP contribution in [0.1, 0.15) is 17.3 Å². The third-order valence-electron chi connectivity index (χ3n) is 2.12. The van der Waals surface area contributed by atoms with Crippen LogP contribution in [0, 0.1) is 0 Å². The summed E-state index contributed by atoms with van der Waals surface area (Å²) in [6.45, 7) is 5.51. The predicted molar refractivity (Wildman–Crippen MR) is 67.8 cm³/mol. The van der Waals surface area contributed by atoms with Gasteiger partial charge in [0.1, 0.15) is 6.61 Å². The molecule has 18 heavy (non-hydrogen) atoms. The molecule has 5 nitrogen and oxygen atoms in total. The van der Waals surface area contributed by atoms with E-state index < -0.39 is 16.0 Å². The Kier molecular flexibility index (Phi) is 4.63. The lowest BCUT2D eigenvalue weighted by molar-refractivity contribution is 0.0540. The normalized spacial score (nSPS) is 11.0. The molecule has 0 heterocycles. The first-order chi connectivity index (χ1) is 8.36. The van der Waals surface area contributed by atoms with Gasteiger partial charge in [-0.25, -0.2) is 17.9 Å². The number of hydrogen-bond donors (Lipinski definition) is 1. The van der Waals surface area contributed by atoms with Gasteiger partial charge in [0.15, 0.2) is 0 Å². The van der Waals surface area contributed by atoms with E-state index >= 15 is 0 Å². The van der Waals surface area contributed by atoms with Gasteiger partial charge in [0, 0.05) is 0 Å². The minimum atomic E-state index is -3.48. The number of esters is 1. The summed E-state index contributed by atoms with van der Waals surface area (Å²) in [7, 11) is -2.16. The first kappa shape index (κ1) is 14.4. The summed E-state index contributed by atoms with van der Waals surface area (Å²) in [6.07, 6.45) is 0. The van der Waals surface area contributed by atoms with Crippen molar-refractivity contribution in [3.63, 3.8) is 0 Å². The van der Waals surface area contributed by atoms with Crippen LogP contribution >= 0.6 is 0 Å². The molecule has 1 N–H and O–H groups in total. The number of hydrogen-bond acceptors (Lipinski definition) is 4. The number of sulfonamides is 1. The maximum absolute atomic E-state index is 11.6. The molecule has 1 rings (SSSR count). The van der Waals surface area contributed by atoms with Crippen LogP contribution in [0.4, 0.5) is 0 Å². The van der Waals surface area contributed by atoms with Crippen molar-refractivity contribution in [3.05, 3.63) is 42.0 Å². The highest BCUT2D eigenvalue weighted by molar-refractivity contribution is 7.89. The second-order valence-corrected chi connectivity index (χ2v) is 5.65. The lowest BCUT2D eigenvalue weighted by atomic mass is 10.2. The Morgan fingerprint density at radius 3 is 2.33 bits per heavy atom. The van der Waals surface area contributed by atoms with E-state index in [2.05, 4.69) is 11.3 Å². The summed E-state index contributed by atoms with van der Waals surface area (Å²) in [6, 6.07) is 5.52. The molecule has 0 bridgehead atoms. The zero-order chi connectivity index (χ0) is 13.8. The van der Waals surface area contributed by atoms with E-state index in [4.69, 9.17) is 4.74 Å². The average molecular weight is 269 g/mol. The monoisotopic (exact) mass is 269 g/mol. The van der Waals surface area contributed by atoms with Gasteiger partial charge in [-0.3, -0.25) is 0 Å². The van der Waals surface area contributed by atoms with Gasteiger partial charge in [-0.15, -0.1) is 0 Å². The molecule has 6 heteroatoms. The fraction of sp³-hybridized carbons (Fsp3) is 0.250. The second-order valence-electron chi connectivity index (χ2n) is 3.77. The number of carbonyl (C=O) groups is 1. The van der Waals surface area contributed by atoms with Crippen LogP contribution in [0.15, 0.2) is 41.3 Å². The van der Waals surface area contributed by atoms with Crippen molar-refractivity contribution >= 4 is 16.0 Å². The average Bonchev–Trinajstić information content (AvgIpc) is 2.36. The number of benzene rings is 1. The Morgan fingerprint density at radius 1 is 1.33 bits per heavy atom. The van der Waals surface area contributed by atoms with Gasteiger partial charge in [0.05, 0.1) is 10.5 Å². The topological polar surface area (TPSA) is 72.5 Å². The number of ether oxygens (including phenoxy) is 1. The van der Waals surface area contributed by atoms with E-state index in [1.807, 2.05) is 0 Å². The van der Waals surface area contributed by atoms with Crippen molar-refractivity contribution in [3.8, 4) is 0 Å². The van der Waals surface area contributed by atoms with Crippen LogP contribution in [0.5, 0.6) is 0 Å². The van der Waals surface area contributed by atoms with Gasteiger partial charge in [0.2, 0.25) is 10.0 Å². The molecule has 98 valence electrons. The molecule has 0 saturated carbocycles. The van der Waals surface area contributed by atoms with Crippen molar-refractivity contribution in [1.29, 1.82) is 0 Å². The molecule has 1 aromatic carbocycles. The highest BCUT2D eigenvalue weighted by Gasteiger charge is 2.13. The fourth-order valence-electron chi connectivity index (χ4n) is 1.16. The minimum Gasteiger partial charge on any atom is -0.458 e. The van der Waals surface area contributed by atoms with Crippen molar-refractivity contribution in [1.82, 2.24) is 4.72 Å². The summed E-state index contributed by atoms with van der Waals surface area (Å²) >= 11 is 0. The molecular weight excluding hydrogens is 254 g/mol. The molecule has 0 unspecified atom stereocenters. The highest BCUT2D eigenvalue weighted by Crippen LogP contribution is 2.11. The van der Waals surface area contributed by atoms with Crippen LogP contribution in [-0.4, -0.2) is 28.0 Å². The van der Waals surface area contributed by atoms with Crippen molar-refractivity contribution in [2.45, 2.75) is 11.8 Å². The summed E-state index contributed by atoms with van der Waals surface area (Å²) in [4.78, 5) is 11.6. The van der Waals surface area contributed by atoms with E-state index in [1.54, 1.807) is 6.92 Å².